The lowest BCUT2D eigenvalue weighted by molar-refractivity contribution is 0.0521. The van der Waals surface area contributed by atoms with E-state index in [-0.39, 0.29) is 5.41 Å². The van der Waals surface area contributed by atoms with Crippen LogP contribution in [0.2, 0.25) is 0 Å². The molecule has 1 aromatic heterocycles. The molecule has 0 amide bonds. The van der Waals surface area contributed by atoms with Crippen molar-refractivity contribution in [1.29, 1.82) is 0 Å². The van der Waals surface area contributed by atoms with Crippen LogP contribution in [0.3, 0.4) is 0 Å². The monoisotopic (exact) mass is 368 g/mol. The molecule has 1 aromatic carbocycles. The largest absolute Gasteiger partial charge is 0.461 e. The Balaban J connectivity index is 1.67. The first-order valence-corrected chi connectivity index (χ1v) is 9.76. The molecule has 6 heteroatoms. The van der Waals surface area contributed by atoms with E-state index in [1.807, 2.05) is 24.3 Å². The van der Waals surface area contributed by atoms with Crippen LogP contribution in [0.5, 0.6) is 0 Å². The second-order valence-electron chi connectivity index (χ2n) is 9.12. The standard InChI is InChI=1S/C21H28N4O2/c1-5-27-19(26)18-17(15-8-6-7-9-16(15)22-18)23-24-25-13-21(4)11-14(25)10-20(2,3)12-21/h6-9,14,22H,5,10-13H2,1-4H3/t14-,21+/m0/s1. The average Bonchev–Trinajstić information content (AvgIpc) is 3.06. The molecule has 2 bridgehead atoms. The average molecular weight is 368 g/mol. The van der Waals surface area contributed by atoms with E-state index in [2.05, 4.69) is 41.1 Å². The van der Waals surface area contributed by atoms with E-state index in [4.69, 9.17) is 4.74 Å². The zero-order valence-electron chi connectivity index (χ0n) is 16.6. The van der Waals surface area contributed by atoms with Crippen molar-refractivity contribution in [1.82, 2.24) is 9.99 Å². The highest BCUT2D eigenvalue weighted by Crippen LogP contribution is 2.52. The van der Waals surface area contributed by atoms with Gasteiger partial charge in [0, 0.05) is 23.5 Å². The van der Waals surface area contributed by atoms with Gasteiger partial charge in [-0.15, -0.1) is 5.11 Å². The predicted octanol–water partition coefficient (Wildman–Crippen LogP) is 5.24. The molecule has 0 unspecified atom stereocenters. The van der Waals surface area contributed by atoms with Crippen molar-refractivity contribution >= 4 is 22.6 Å². The highest BCUT2D eigenvalue weighted by molar-refractivity contribution is 6.04. The fraction of sp³-hybridized carbons (Fsp3) is 0.571. The summed E-state index contributed by atoms with van der Waals surface area (Å²) in [7, 11) is 0. The summed E-state index contributed by atoms with van der Waals surface area (Å²) in [5, 5.41) is 12.2. The van der Waals surface area contributed by atoms with Gasteiger partial charge in [-0.3, -0.25) is 5.01 Å². The van der Waals surface area contributed by atoms with Crippen molar-refractivity contribution in [2.24, 2.45) is 21.2 Å². The van der Waals surface area contributed by atoms with Crippen LogP contribution in [-0.4, -0.2) is 35.2 Å². The minimum absolute atomic E-state index is 0.287. The summed E-state index contributed by atoms with van der Waals surface area (Å²) in [4.78, 5) is 15.5. The van der Waals surface area contributed by atoms with Crippen LogP contribution in [-0.2, 0) is 4.74 Å². The second kappa shape index (κ2) is 6.36. The van der Waals surface area contributed by atoms with E-state index in [0.717, 1.165) is 30.3 Å². The Hall–Kier alpha value is -2.37. The van der Waals surface area contributed by atoms with E-state index in [9.17, 15) is 4.79 Å². The Morgan fingerprint density at radius 1 is 1.30 bits per heavy atom. The highest BCUT2D eigenvalue weighted by Gasteiger charge is 2.49. The quantitative estimate of drug-likeness (QED) is 0.592. The van der Waals surface area contributed by atoms with Crippen LogP contribution in [0, 0.1) is 10.8 Å². The number of hydrogen-bond donors (Lipinski definition) is 1. The van der Waals surface area contributed by atoms with E-state index in [0.29, 0.717) is 29.4 Å². The molecule has 2 atom stereocenters. The Morgan fingerprint density at radius 3 is 2.85 bits per heavy atom. The van der Waals surface area contributed by atoms with Gasteiger partial charge in [-0.05, 0) is 43.1 Å². The molecule has 2 heterocycles. The second-order valence-corrected chi connectivity index (χ2v) is 9.12. The summed E-state index contributed by atoms with van der Waals surface area (Å²) in [6.45, 7) is 10.1. The van der Waals surface area contributed by atoms with Crippen LogP contribution in [0.4, 0.5) is 5.69 Å². The minimum atomic E-state index is -0.393. The Kier molecular flexibility index (Phi) is 4.24. The molecule has 6 nitrogen and oxygen atoms in total. The Bertz CT molecular complexity index is 901. The van der Waals surface area contributed by atoms with Crippen LogP contribution < -0.4 is 0 Å². The van der Waals surface area contributed by atoms with Gasteiger partial charge in [0.2, 0.25) is 0 Å². The van der Waals surface area contributed by atoms with Gasteiger partial charge in [0.25, 0.3) is 0 Å². The first kappa shape index (κ1) is 18.0. The number of hydrogen-bond acceptors (Lipinski definition) is 4. The van der Waals surface area contributed by atoms with Gasteiger partial charge in [0.05, 0.1) is 6.61 Å². The van der Waals surface area contributed by atoms with Crippen molar-refractivity contribution in [2.75, 3.05) is 13.2 Å². The number of H-pyrrole nitrogens is 1. The van der Waals surface area contributed by atoms with Crippen LogP contribution in [0.15, 0.2) is 34.6 Å². The van der Waals surface area contributed by atoms with E-state index < -0.39 is 5.97 Å². The van der Waals surface area contributed by atoms with Crippen molar-refractivity contribution < 1.29 is 9.53 Å². The summed E-state index contributed by atoms with van der Waals surface area (Å²) < 4.78 is 5.20. The normalized spacial score (nSPS) is 26.8. The van der Waals surface area contributed by atoms with Crippen molar-refractivity contribution in [3.8, 4) is 0 Å². The summed E-state index contributed by atoms with van der Waals surface area (Å²) in [6.07, 6.45) is 3.50. The summed E-state index contributed by atoms with van der Waals surface area (Å²) >= 11 is 0. The van der Waals surface area contributed by atoms with Crippen LogP contribution >= 0.6 is 0 Å². The molecule has 1 N–H and O–H groups in total. The Labute approximate surface area is 160 Å². The number of nitrogens with zero attached hydrogens (tertiary/aromatic N) is 3. The van der Waals surface area contributed by atoms with Gasteiger partial charge in [-0.25, -0.2) is 4.79 Å². The first-order valence-electron chi connectivity index (χ1n) is 9.76. The van der Waals surface area contributed by atoms with Gasteiger partial charge >= 0.3 is 5.97 Å². The SMILES string of the molecule is CCOC(=O)c1[nH]c2ccccc2c1N=NN1C[C@]2(C)C[C@@H]1CC(C)(C)C2. The number of ether oxygens (including phenoxy) is 1. The number of aromatic nitrogens is 1. The topological polar surface area (TPSA) is 70.0 Å². The van der Waals surface area contributed by atoms with Gasteiger partial charge in [0.15, 0.2) is 5.69 Å². The maximum Gasteiger partial charge on any atom is 0.357 e. The molecule has 1 saturated heterocycles. The lowest BCUT2D eigenvalue weighted by Crippen LogP contribution is -2.33. The third-order valence-corrected chi connectivity index (χ3v) is 5.81. The molecule has 1 aliphatic carbocycles. The zero-order chi connectivity index (χ0) is 19.2. The Morgan fingerprint density at radius 2 is 2.07 bits per heavy atom. The molecule has 4 rings (SSSR count). The fourth-order valence-electron chi connectivity index (χ4n) is 5.22. The van der Waals surface area contributed by atoms with Gasteiger partial charge < -0.3 is 9.72 Å². The molecule has 0 spiro atoms. The third-order valence-electron chi connectivity index (χ3n) is 5.81. The molecule has 2 aliphatic rings. The molecule has 1 saturated carbocycles. The number of benzene rings is 1. The number of fused-ring (bicyclic) bond motifs is 3. The van der Waals surface area contributed by atoms with Crippen molar-refractivity contribution in [3.63, 3.8) is 0 Å². The zero-order valence-corrected chi connectivity index (χ0v) is 16.6. The molecule has 2 aromatic rings. The number of esters is 1. The highest BCUT2D eigenvalue weighted by atomic mass is 16.5. The summed E-state index contributed by atoms with van der Waals surface area (Å²) in [5.41, 5.74) is 2.42. The number of carbonyl (C=O) groups excluding carboxylic acids is 1. The van der Waals surface area contributed by atoms with E-state index >= 15 is 0 Å². The van der Waals surface area contributed by atoms with Gasteiger partial charge in [0.1, 0.15) is 5.69 Å². The molecule has 144 valence electrons. The van der Waals surface area contributed by atoms with Crippen molar-refractivity contribution in [2.45, 2.75) is 53.0 Å². The maximum atomic E-state index is 12.4. The lowest BCUT2D eigenvalue weighted by Gasteiger charge is -2.39. The smallest absolute Gasteiger partial charge is 0.357 e. The fourth-order valence-corrected chi connectivity index (χ4v) is 5.22. The number of carbonyl (C=O) groups is 1. The predicted molar refractivity (Wildman–Crippen MR) is 105 cm³/mol. The number of rotatable bonds is 4. The number of nitrogens with one attached hydrogen (secondary N) is 1. The van der Waals surface area contributed by atoms with Gasteiger partial charge in [-0.2, -0.15) is 0 Å². The van der Waals surface area contributed by atoms with Crippen LogP contribution in [0.25, 0.3) is 10.9 Å². The van der Waals surface area contributed by atoms with Gasteiger partial charge in [-0.1, -0.05) is 44.2 Å². The number of aromatic amines is 1. The lowest BCUT2D eigenvalue weighted by atomic mass is 9.65. The molecule has 27 heavy (non-hydrogen) atoms. The molecular formula is C21H28N4O2. The molecular weight excluding hydrogens is 340 g/mol. The van der Waals surface area contributed by atoms with E-state index in [1.165, 1.54) is 6.42 Å². The third kappa shape index (κ3) is 3.33. The maximum absolute atomic E-state index is 12.4. The first-order chi connectivity index (χ1) is 12.8. The molecule has 0 radical (unpaired) electrons. The molecule has 1 aliphatic heterocycles. The summed E-state index contributed by atoms with van der Waals surface area (Å²) in [6, 6.07) is 8.18. The minimum Gasteiger partial charge on any atom is -0.461 e. The van der Waals surface area contributed by atoms with E-state index in [1.54, 1.807) is 6.92 Å². The number of para-hydroxylation sites is 1. The summed E-state index contributed by atoms with van der Waals surface area (Å²) in [5.74, 6) is -0.393. The molecule has 2 fully saturated rings. The van der Waals surface area contributed by atoms with Crippen molar-refractivity contribution in [3.05, 3.63) is 30.0 Å². The van der Waals surface area contributed by atoms with Crippen LogP contribution in [0.1, 0.15) is 57.4 Å².